The van der Waals surface area contributed by atoms with E-state index in [9.17, 15) is 9.90 Å². The summed E-state index contributed by atoms with van der Waals surface area (Å²) in [6.45, 7) is 1.11. The van der Waals surface area contributed by atoms with Crippen LogP contribution < -0.4 is 10.2 Å². The van der Waals surface area contributed by atoms with Crippen LogP contribution in [0.5, 0.6) is 5.75 Å². The third-order valence-corrected chi connectivity index (χ3v) is 4.06. The first kappa shape index (κ1) is 17.5. The van der Waals surface area contributed by atoms with Gasteiger partial charge in [0, 0.05) is 37.5 Å². The van der Waals surface area contributed by atoms with Gasteiger partial charge in [-0.2, -0.15) is 0 Å². The quantitative estimate of drug-likeness (QED) is 0.718. The van der Waals surface area contributed by atoms with Crippen LogP contribution in [0.4, 0.5) is 5.82 Å². The van der Waals surface area contributed by atoms with Crippen molar-refractivity contribution in [1.29, 1.82) is 0 Å². The Bertz CT molecular complexity index is 864. The zero-order valence-corrected chi connectivity index (χ0v) is 14.6. The van der Waals surface area contributed by atoms with Gasteiger partial charge in [-0.05, 0) is 35.9 Å². The van der Waals surface area contributed by atoms with Crippen LogP contribution >= 0.6 is 0 Å². The summed E-state index contributed by atoms with van der Waals surface area (Å²) in [5, 5.41) is 12.2. The largest absolute Gasteiger partial charge is 0.508 e. The molecule has 0 saturated carbocycles. The SMILES string of the molecule is CN(Cc1ccccc1)c1ncccc1CNC(=O)c1ccc(O)cc1. The molecule has 2 N–H and O–H groups in total. The highest BCUT2D eigenvalue weighted by molar-refractivity contribution is 5.94. The van der Waals surface area contributed by atoms with Gasteiger partial charge in [-0.25, -0.2) is 4.98 Å². The van der Waals surface area contributed by atoms with Gasteiger partial charge in [0.05, 0.1) is 0 Å². The van der Waals surface area contributed by atoms with E-state index in [2.05, 4.69) is 27.3 Å². The molecule has 1 amide bonds. The first-order valence-electron chi connectivity index (χ1n) is 8.39. The summed E-state index contributed by atoms with van der Waals surface area (Å²) >= 11 is 0. The minimum atomic E-state index is -0.189. The fourth-order valence-electron chi connectivity index (χ4n) is 2.73. The number of hydrogen-bond acceptors (Lipinski definition) is 4. The summed E-state index contributed by atoms with van der Waals surface area (Å²) in [5.74, 6) is 0.784. The summed E-state index contributed by atoms with van der Waals surface area (Å²) in [7, 11) is 1.99. The summed E-state index contributed by atoms with van der Waals surface area (Å²) in [4.78, 5) is 18.8. The molecule has 1 heterocycles. The first-order chi connectivity index (χ1) is 12.6. The Morgan fingerprint density at radius 1 is 1.04 bits per heavy atom. The molecule has 26 heavy (non-hydrogen) atoms. The zero-order valence-electron chi connectivity index (χ0n) is 14.6. The van der Waals surface area contributed by atoms with Gasteiger partial charge in [-0.15, -0.1) is 0 Å². The number of rotatable bonds is 6. The molecule has 0 atom stereocenters. The van der Waals surface area contributed by atoms with Crippen molar-refractivity contribution in [1.82, 2.24) is 10.3 Å². The van der Waals surface area contributed by atoms with Crippen LogP contribution in [0.3, 0.4) is 0 Å². The summed E-state index contributed by atoms with van der Waals surface area (Å²) in [6, 6.07) is 20.2. The second-order valence-corrected chi connectivity index (χ2v) is 6.06. The van der Waals surface area contributed by atoms with Gasteiger partial charge in [-0.3, -0.25) is 4.79 Å². The van der Waals surface area contributed by atoms with Crippen LogP contribution in [0.15, 0.2) is 72.9 Å². The van der Waals surface area contributed by atoms with Gasteiger partial charge in [0.1, 0.15) is 11.6 Å². The van der Waals surface area contributed by atoms with Crippen LogP contribution in [0.25, 0.3) is 0 Å². The normalized spacial score (nSPS) is 10.3. The van der Waals surface area contributed by atoms with Crippen molar-refractivity contribution in [3.8, 4) is 5.75 Å². The van der Waals surface area contributed by atoms with E-state index in [0.717, 1.165) is 17.9 Å². The number of anilines is 1. The molecule has 3 aromatic rings. The summed E-state index contributed by atoms with van der Waals surface area (Å²) < 4.78 is 0. The number of aromatic hydroxyl groups is 1. The predicted molar refractivity (Wildman–Crippen MR) is 102 cm³/mol. The highest BCUT2D eigenvalue weighted by Crippen LogP contribution is 2.18. The maximum absolute atomic E-state index is 12.3. The number of phenolic OH excluding ortho intramolecular Hbond substituents is 1. The van der Waals surface area contributed by atoms with Gasteiger partial charge >= 0.3 is 0 Å². The third kappa shape index (κ3) is 4.39. The molecule has 0 aliphatic rings. The van der Waals surface area contributed by atoms with Crippen LogP contribution in [0.1, 0.15) is 21.5 Å². The molecular formula is C21H21N3O2. The third-order valence-electron chi connectivity index (χ3n) is 4.06. The highest BCUT2D eigenvalue weighted by atomic mass is 16.3. The molecule has 0 saturated heterocycles. The summed E-state index contributed by atoms with van der Waals surface area (Å²) in [5.41, 5.74) is 2.64. The molecule has 0 aliphatic heterocycles. The van der Waals surface area contributed by atoms with Crippen LogP contribution in [-0.2, 0) is 13.1 Å². The number of benzene rings is 2. The Kier molecular flexibility index (Phi) is 5.49. The highest BCUT2D eigenvalue weighted by Gasteiger charge is 2.11. The van der Waals surface area contributed by atoms with E-state index in [-0.39, 0.29) is 11.7 Å². The topological polar surface area (TPSA) is 65.5 Å². The minimum Gasteiger partial charge on any atom is -0.508 e. The van der Waals surface area contributed by atoms with Crippen LogP contribution in [0.2, 0.25) is 0 Å². The van der Waals surface area contributed by atoms with Crippen molar-refractivity contribution >= 4 is 11.7 Å². The fraction of sp³-hybridized carbons (Fsp3) is 0.143. The van der Waals surface area contributed by atoms with Gasteiger partial charge < -0.3 is 15.3 Å². The Balaban J connectivity index is 1.68. The molecule has 5 nitrogen and oxygen atoms in total. The van der Waals surface area contributed by atoms with Gasteiger partial charge in [0.15, 0.2) is 0 Å². The Hall–Kier alpha value is -3.34. The maximum atomic E-state index is 12.3. The molecule has 0 radical (unpaired) electrons. The lowest BCUT2D eigenvalue weighted by Crippen LogP contribution is -2.25. The van der Waals surface area contributed by atoms with E-state index >= 15 is 0 Å². The molecule has 2 aromatic carbocycles. The number of nitrogens with one attached hydrogen (secondary N) is 1. The molecule has 3 rings (SSSR count). The fourth-order valence-corrected chi connectivity index (χ4v) is 2.73. The molecule has 0 fully saturated rings. The Labute approximate surface area is 152 Å². The lowest BCUT2D eigenvalue weighted by atomic mass is 10.1. The molecule has 0 aliphatic carbocycles. The van der Waals surface area contributed by atoms with E-state index in [1.165, 1.54) is 17.7 Å². The van der Waals surface area contributed by atoms with Crippen molar-refractivity contribution in [2.45, 2.75) is 13.1 Å². The second-order valence-electron chi connectivity index (χ2n) is 6.06. The van der Waals surface area contributed by atoms with Crippen LogP contribution in [-0.4, -0.2) is 23.0 Å². The molecule has 5 heteroatoms. The number of hydrogen-bond donors (Lipinski definition) is 2. The molecular weight excluding hydrogens is 326 g/mol. The predicted octanol–water partition coefficient (Wildman–Crippen LogP) is 3.35. The number of aromatic nitrogens is 1. The zero-order chi connectivity index (χ0) is 18.4. The first-order valence-corrected chi connectivity index (χ1v) is 8.39. The number of amides is 1. The summed E-state index contributed by atoms with van der Waals surface area (Å²) in [6.07, 6.45) is 1.75. The maximum Gasteiger partial charge on any atom is 0.251 e. The van der Waals surface area contributed by atoms with Gasteiger partial charge in [0.25, 0.3) is 5.91 Å². The lowest BCUT2D eigenvalue weighted by molar-refractivity contribution is 0.0951. The average molecular weight is 347 g/mol. The Morgan fingerprint density at radius 3 is 2.50 bits per heavy atom. The average Bonchev–Trinajstić information content (AvgIpc) is 2.67. The lowest BCUT2D eigenvalue weighted by Gasteiger charge is -2.21. The molecule has 1 aromatic heterocycles. The molecule has 0 unspecified atom stereocenters. The number of carbonyl (C=O) groups excluding carboxylic acids is 1. The second kappa shape index (κ2) is 8.16. The van der Waals surface area contributed by atoms with E-state index in [1.54, 1.807) is 18.3 Å². The van der Waals surface area contributed by atoms with Crippen molar-refractivity contribution in [3.05, 3.63) is 89.6 Å². The van der Waals surface area contributed by atoms with E-state index < -0.39 is 0 Å². The molecule has 0 spiro atoms. The van der Waals surface area contributed by atoms with Crippen molar-refractivity contribution in [2.24, 2.45) is 0 Å². The Morgan fingerprint density at radius 2 is 1.77 bits per heavy atom. The smallest absolute Gasteiger partial charge is 0.251 e. The number of carbonyl (C=O) groups is 1. The molecule has 0 bridgehead atoms. The van der Waals surface area contributed by atoms with E-state index in [0.29, 0.717) is 12.1 Å². The van der Waals surface area contributed by atoms with Crippen molar-refractivity contribution in [3.63, 3.8) is 0 Å². The van der Waals surface area contributed by atoms with E-state index in [4.69, 9.17) is 0 Å². The standard InChI is InChI=1S/C21H21N3O2/c1-24(15-16-6-3-2-4-7-16)20-18(8-5-13-22-20)14-23-21(26)17-9-11-19(25)12-10-17/h2-13,25H,14-15H2,1H3,(H,23,26). The van der Waals surface area contributed by atoms with E-state index in [1.807, 2.05) is 37.4 Å². The number of phenols is 1. The minimum absolute atomic E-state index is 0.138. The number of nitrogens with zero attached hydrogens (tertiary/aromatic N) is 2. The van der Waals surface area contributed by atoms with Crippen molar-refractivity contribution in [2.75, 3.05) is 11.9 Å². The van der Waals surface area contributed by atoms with Crippen molar-refractivity contribution < 1.29 is 9.90 Å². The van der Waals surface area contributed by atoms with Crippen LogP contribution in [0, 0.1) is 0 Å². The van der Waals surface area contributed by atoms with Gasteiger partial charge in [-0.1, -0.05) is 36.4 Å². The van der Waals surface area contributed by atoms with Gasteiger partial charge in [0.2, 0.25) is 0 Å². The monoisotopic (exact) mass is 347 g/mol. The number of pyridine rings is 1. The molecule has 132 valence electrons.